The fourth-order valence-electron chi connectivity index (χ4n) is 3.17. The van der Waals surface area contributed by atoms with Crippen molar-refractivity contribution in [2.24, 2.45) is 11.7 Å². The van der Waals surface area contributed by atoms with Crippen LogP contribution < -0.4 is 5.73 Å². The van der Waals surface area contributed by atoms with Crippen molar-refractivity contribution in [2.75, 3.05) is 6.54 Å². The molecular formula is C18H29NOS. The zero-order valence-electron chi connectivity index (χ0n) is 13.6. The van der Waals surface area contributed by atoms with E-state index in [-0.39, 0.29) is 10.7 Å². The topological polar surface area (TPSA) is 43.1 Å². The molecule has 1 aromatic rings. The Bertz CT molecular complexity index is 475. The summed E-state index contributed by atoms with van der Waals surface area (Å²) in [5, 5.41) is 0.234. The summed E-state index contributed by atoms with van der Waals surface area (Å²) in [6, 6.07) is 8.35. The molecule has 3 atom stereocenters. The van der Waals surface area contributed by atoms with Crippen LogP contribution in [0.5, 0.6) is 0 Å². The second kappa shape index (κ2) is 7.06. The van der Waals surface area contributed by atoms with Gasteiger partial charge in [-0.25, -0.2) is 0 Å². The third-order valence-electron chi connectivity index (χ3n) is 4.62. The fraction of sp³-hybridized carbons (Fsp3) is 0.667. The van der Waals surface area contributed by atoms with Gasteiger partial charge < -0.3 is 5.73 Å². The fourth-order valence-corrected chi connectivity index (χ4v) is 4.90. The summed E-state index contributed by atoms with van der Waals surface area (Å²) in [7, 11) is -0.926. The van der Waals surface area contributed by atoms with E-state index in [1.54, 1.807) is 0 Å². The van der Waals surface area contributed by atoms with Gasteiger partial charge in [0, 0.05) is 10.1 Å². The molecule has 21 heavy (non-hydrogen) atoms. The standard InChI is InChI=1S/C18H29NOS/c1-18(2,3)15-9-11-16(12-10-15)21(20)17-8-6-4-5-7-14(17)13-19/h9-12,14,17H,4-8,13,19H2,1-3H3. The van der Waals surface area contributed by atoms with Crippen LogP contribution in [0.25, 0.3) is 0 Å². The lowest BCUT2D eigenvalue weighted by Gasteiger charge is -2.24. The van der Waals surface area contributed by atoms with Crippen molar-refractivity contribution in [2.45, 2.75) is 68.4 Å². The van der Waals surface area contributed by atoms with E-state index in [0.29, 0.717) is 12.5 Å². The molecule has 0 bridgehead atoms. The largest absolute Gasteiger partial charge is 0.330 e. The van der Waals surface area contributed by atoms with Crippen molar-refractivity contribution in [3.8, 4) is 0 Å². The first kappa shape index (κ1) is 16.7. The molecule has 3 unspecified atom stereocenters. The Hall–Kier alpha value is -0.670. The highest BCUT2D eigenvalue weighted by Gasteiger charge is 2.28. The second-order valence-electron chi connectivity index (χ2n) is 7.24. The number of hydrogen-bond acceptors (Lipinski definition) is 2. The number of benzene rings is 1. The molecule has 1 aliphatic rings. The summed E-state index contributed by atoms with van der Waals surface area (Å²) in [5.41, 5.74) is 7.36. The van der Waals surface area contributed by atoms with Gasteiger partial charge in [0.05, 0.1) is 10.8 Å². The molecule has 1 aromatic carbocycles. The van der Waals surface area contributed by atoms with Crippen molar-refractivity contribution in [1.29, 1.82) is 0 Å². The summed E-state index contributed by atoms with van der Waals surface area (Å²) >= 11 is 0. The zero-order valence-corrected chi connectivity index (χ0v) is 14.4. The molecule has 1 saturated carbocycles. The summed E-state index contributed by atoms with van der Waals surface area (Å²) < 4.78 is 12.9. The maximum atomic E-state index is 12.9. The first-order valence-electron chi connectivity index (χ1n) is 8.14. The van der Waals surface area contributed by atoms with Crippen LogP contribution >= 0.6 is 0 Å². The van der Waals surface area contributed by atoms with Crippen LogP contribution in [-0.4, -0.2) is 16.0 Å². The van der Waals surface area contributed by atoms with Crippen molar-refractivity contribution >= 4 is 10.8 Å². The third kappa shape index (κ3) is 4.17. The Morgan fingerprint density at radius 2 is 1.71 bits per heavy atom. The van der Waals surface area contributed by atoms with Crippen LogP contribution in [0.2, 0.25) is 0 Å². The van der Waals surface area contributed by atoms with Gasteiger partial charge in [-0.2, -0.15) is 0 Å². The molecular weight excluding hydrogens is 278 g/mol. The van der Waals surface area contributed by atoms with Crippen molar-refractivity contribution in [3.05, 3.63) is 29.8 Å². The van der Waals surface area contributed by atoms with Gasteiger partial charge in [-0.3, -0.25) is 4.21 Å². The minimum atomic E-state index is -0.926. The van der Waals surface area contributed by atoms with E-state index in [9.17, 15) is 4.21 Å². The molecule has 2 rings (SSSR count). The minimum Gasteiger partial charge on any atom is -0.330 e. The summed E-state index contributed by atoms with van der Waals surface area (Å²) in [6.07, 6.45) is 5.86. The Labute approximate surface area is 132 Å². The van der Waals surface area contributed by atoms with Gasteiger partial charge in [0.2, 0.25) is 0 Å². The average molecular weight is 308 g/mol. The molecule has 1 fully saturated rings. The van der Waals surface area contributed by atoms with Crippen LogP contribution in [0.3, 0.4) is 0 Å². The van der Waals surface area contributed by atoms with Gasteiger partial charge in [-0.05, 0) is 48.4 Å². The molecule has 0 aromatic heterocycles. The Balaban J connectivity index is 2.18. The molecule has 1 aliphatic carbocycles. The van der Waals surface area contributed by atoms with E-state index >= 15 is 0 Å². The number of rotatable bonds is 3. The van der Waals surface area contributed by atoms with E-state index < -0.39 is 10.8 Å². The molecule has 118 valence electrons. The Morgan fingerprint density at radius 1 is 1.10 bits per heavy atom. The first-order valence-corrected chi connectivity index (χ1v) is 9.36. The molecule has 2 nitrogen and oxygen atoms in total. The molecule has 0 aliphatic heterocycles. The van der Waals surface area contributed by atoms with Gasteiger partial charge in [0.25, 0.3) is 0 Å². The lowest BCUT2D eigenvalue weighted by Crippen LogP contribution is -2.30. The van der Waals surface area contributed by atoms with Gasteiger partial charge in [-0.15, -0.1) is 0 Å². The first-order chi connectivity index (χ1) is 9.93. The lowest BCUT2D eigenvalue weighted by atomic mass is 9.87. The van der Waals surface area contributed by atoms with Crippen LogP contribution in [-0.2, 0) is 16.2 Å². The van der Waals surface area contributed by atoms with Gasteiger partial charge in [0.1, 0.15) is 0 Å². The highest BCUT2D eigenvalue weighted by atomic mass is 32.2. The monoisotopic (exact) mass is 307 g/mol. The van der Waals surface area contributed by atoms with Crippen LogP contribution in [0.4, 0.5) is 0 Å². The Morgan fingerprint density at radius 3 is 2.29 bits per heavy atom. The predicted octanol–water partition coefficient (Wildman–Crippen LogP) is 4.00. The normalized spacial score (nSPS) is 25.3. The molecule has 0 radical (unpaired) electrons. The SMILES string of the molecule is CC(C)(C)c1ccc(S(=O)C2CCCCCC2CN)cc1. The van der Waals surface area contributed by atoms with Crippen LogP contribution in [0.15, 0.2) is 29.2 Å². The van der Waals surface area contributed by atoms with E-state index in [1.807, 2.05) is 0 Å². The Kier molecular flexibility index (Phi) is 5.61. The molecule has 2 N–H and O–H groups in total. The highest BCUT2D eigenvalue weighted by Crippen LogP contribution is 2.30. The molecule has 0 spiro atoms. The van der Waals surface area contributed by atoms with Crippen molar-refractivity contribution < 1.29 is 4.21 Å². The van der Waals surface area contributed by atoms with Crippen LogP contribution in [0.1, 0.15) is 58.4 Å². The predicted molar refractivity (Wildman–Crippen MR) is 91.0 cm³/mol. The molecule has 0 heterocycles. The maximum absolute atomic E-state index is 12.9. The van der Waals surface area contributed by atoms with Gasteiger partial charge in [0.15, 0.2) is 0 Å². The molecule has 0 amide bonds. The summed E-state index contributed by atoms with van der Waals surface area (Å²) in [5.74, 6) is 0.413. The van der Waals surface area contributed by atoms with Gasteiger partial charge >= 0.3 is 0 Å². The van der Waals surface area contributed by atoms with E-state index in [0.717, 1.165) is 17.7 Å². The molecule has 3 heteroatoms. The zero-order chi connectivity index (χ0) is 15.5. The summed E-state index contributed by atoms with van der Waals surface area (Å²) in [6.45, 7) is 7.27. The lowest BCUT2D eigenvalue weighted by molar-refractivity contribution is 0.473. The summed E-state index contributed by atoms with van der Waals surface area (Å²) in [4.78, 5) is 0.966. The maximum Gasteiger partial charge on any atom is 0.0564 e. The molecule has 0 saturated heterocycles. The van der Waals surface area contributed by atoms with E-state index in [4.69, 9.17) is 5.73 Å². The quantitative estimate of drug-likeness (QED) is 0.858. The minimum absolute atomic E-state index is 0.141. The second-order valence-corrected chi connectivity index (χ2v) is 8.92. The number of hydrogen-bond donors (Lipinski definition) is 1. The smallest absolute Gasteiger partial charge is 0.0564 e. The van der Waals surface area contributed by atoms with Crippen LogP contribution in [0, 0.1) is 5.92 Å². The third-order valence-corrected chi connectivity index (χ3v) is 6.53. The number of nitrogens with two attached hydrogens (primary N) is 1. The van der Waals surface area contributed by atoms with Crippen molar-refractivity contribution in [3.63, 3.8) is 0 Å². The highest BCUT2D eigenvalue weighted by molar-refractivity contribution is 7.85. The van der Waals surface area contributed by atoms with Gasteiger partial charge in [-0.1, -0.05) is 52.2 Å². The average Bonchev–Trinajstić information content (AvgIpc) is 2.70. The van der Waals surface area contributed by atoms with E-state index in [2.05, 4.69) is 45.0 Å². The van der Waals surface area contributed by atoms with Crippen molar-refractivity contribution in [1.82, 2.24) is 0 Å². The van der Waals surface area contributed by atoms with E-state index in [1.165, 1.54) is 24.8 Å².